The zero-order valence-electron chi connectivity index (χ0n) is 29.3. The van der Waals surface area contributed by atoms with Crippen LogP contribution < -0.4 is 10.6 Å². The first kappa shape index (κ1) is 37.7. The fourth-order valence-corrected chi connectivity index (χ4v) is 6.70. The molecule has 0 bridgehead atoms. The summed E-state index contributed by atoms with van der Waals surface area (Å²) >= 11 is 0. The number of hydrogen-bond donors (Lipinski definition) is 3. The molecule has 0 aliphatic carbocycles. The molecular weight excluding hydrogens is 719 g/mol. The summed E-state index contributed by atoms with van der Waals surface area (Å²) in [5.41, 5.74) is 1.82. The van der Waals surface area contributed by atoms with Crippen LogP contribution in [0.25, 0.3) is 32.9 Å². The van der Waals surface area contributed by atoms with Crippen molar-refractivity contribution in [2.24, 2.45) is 0 Å². The summed E-state index contributed by atoms with van der Waals surface area (Å²) in [5.74, 6) is -1.28. The highest BCUT2D eigenvalue weighted by molar-refractivity contribution is 7.85. The third kappa shape index (κ3) is 7.56. The van der Waals surface area contributed by atoms with Crippen molar-refractivity contribution in [3.05, 3.63) is 111 Å². The van der Waals surface area contributed by atoms with E-state index in [2.05, 4.69) is 20.6 Å². The molecular formula is C37H35N7O9S. The van der Waals surface area contributed by atoms with Crippen LogP contribution in [0.2, 0.25) is 0 Å². The SMILES string of the molecule is CS(=O)(=O)O.C[C@H](CNCCNC[C@@H](C)N1C(=O)c2cccc3cc([N+](=O)[O-])cc(c23)C1=O)N1C(=O)c2cccc3cc(-c4ncccn4)cc(c23)C1=O. The lowest BCUT2D eigenvalue weighted by Gasteiger charge is -2.32. The standard InChI is InChI=1S/C36H31N7O6.CH4O3S/c1-20(41-33(44)26-8-3-6-22-14-24(32-39-10-5-11-40-32)16-28(30(22)26)35(41)46)18-37-12-13-38-19-21(2)42-34(45)27-9-4-7-23-15-25(43(48)49)17-29(31(23)27)36(42)47;1-5(2,3)4/h3-11,14-17,20-21,37-38H,12-13,18-19H2,1-2H3;1H3,(H,2,3,4)/t20-,21-;/m1./s1. The second-order valence-electron chi connectivity index (χ2n) is 13.0. The van der Waals surface area contributed by atoms with Crippen LogP contribution in [0, 0.1) is 10.1 Å². The Labute approximate surface area is 309 Å². The van der Waals surface area contributed by atoms with Gasteiger partial charge in [-0.3, -0.25) is 43.6 Å². The molecule has 3 N–H and O–H groups in total. The quantitative estimate of drug-likeness (QED) is 0.0576. The third-order valence-corrected chi connectivity index (χ3v) is 9.01. The fraction of sp³-hybridized carbons (Fsp3) is 0.243. The Hall–Kier alpha value is -6.01. The Bertz CT molecular complexity index is 2450. The van der Waals surface area contributed by atoms with Crippen molar-refractivity contribution in [1.82, 2.24) is 30.4 Å². The van der Waals surface area contributed by atoms with Crippen LogP contribution in [-0.4, -0.2) is 106 Å². The van der Waals surface area contributed by atoms with Crippen LogP contribution in [-0.2, 0) is 10.1 Å². The smallest absolute Gasteiger partial charge is 0.270 e. The summed E-state index contributed by atoms with van der Waals surface area (Å²) in [4.78, 5) is 76.2. The minimum atomic E-state index is -3.67. The first-order valence-electron chi connectivity index (χ1n) is 16.8. The molecule has 2 aliphatic rings. The van der Waals surface area contributed by atoms with Crippen LogP contribution in [0.3, 0.4) is 0 Å². The van der Waals surface area contributed by atoms with Gasteiger partial charge in [0.2, 0.25) is 0 Å². The molecule has 17 heteroatoms. The molecule has 0 fully saturated rings. The van der Waals surface area contributed by atoms with Gasteiger partial charge in [0.1, 0.15) is 0 Å². The molecule has 16 nitrogen and oxygen atoms in total. The highest BCUT2D eigenvalue weighted by Crippen LogP contribution is 2.35. The third-order valence-electron chi connectivity index (χ3n) is 9.01. The van der Waals surface area contributed by atoms with Gasteiger partial charge in [-0.05, 0) is 55.0 Å². The van der Waals surface area contributed by atoms with Gasteiger partial charge in [0, 0.05) is 95.8 Å². The number of benzene rings is 4. The van der Waals surface area contributed by atoms with Crippen LogP contribution in [0.15, 0.2) is 79.1 Å². The summed E-state index contributed by atoms with van der Waals surface area (Å²) in [6.07, 6.45) is 3.99. The van der Waals surface area contributed by atoms with Crippen LogP contribution in [0.5, 0.6) is 0 Å². The molecule has 54 heavy (non-hydrogen) atoms. The summed E-state index contributed by atoms with van der Waals surface area (Å²) < 4.78 is 25.9. The molecule has 278 valence electrons. The number of nitro groups is 1. The van der Waals surface area contributed by atoms with E-state index in [9.17, 15) is 37.7 Å². The number of imide groups is 2. The van der Waals surface area contributed by atoms with Gasteiger partial charge in [0.25, 0.3) is 39.4 Å². The number of rotatable bonds is 11. The normalized spacial score (nSPS) is 15.0. The van der Waals surface area contributed by atoms with Crippen LogP contribution in [0.4, 0.5) is 5.69 Å². The Kier molecular flexibility index (Phi) is 10.6. The van der Waals surface area contributed by atoms with E-state index in [1.54, 1.807) is 61.8 Å². The van der Waals surface area contributed by atoms with E-state index in [4.69, 9.17) is 4.55 Å². The van der Waals surface area contributed by atoms with Gasteiger partial charge in [0.15, 0.2) is 5.82 Å². The van der Waals surface area contributed by atoms with Gasteiger partial charge in [0.05, 0.1) is 16.7 Å². The van der Waals surface area contributed by atoms with E-state index in [0.717, 1.165) is 10.3 Å². The van der Waals surface area contributed by atoms with Crippen molar-refractivity contribution in [2.75, 3.05) is 32.4 Å². The number of carbonyl (C=O) groups excluding carboxylic acids is 4. The van der Waals surface area contributed by atoms with E-state index < -0.39 is 38.9 Å². The second kappa shape index (κ2) is 15.2. The average molecular weight is 754 g/mol. The van der Waals surface area contributed by atoms with Gasteiger partial charge in [-0.2, -0.15) is 8.42 Å². The predicted molar refractivity (Wildman–Crippen MR) is 199 cm³/mol. The minimum Gasteiger partial charge on any atom is -0.313 e. The first-order chi connectivity index (χ1) is 25.7. The molecule has 4 amide bonds. The first-order valence-corrected chi connectivity index (χ1v) is 18.7. The Morgan fingerprint density at radius 2 is 1.17 bits per heavy atom. The Balaban J connectivity index is 0.000000934. The van der Waals surface area contributed by atoms with E-state index in [1.807, 2.05) is 19.1 Å². The largest absolute Gasteiger partial charge is 0.313 e. The molecule has 3 heterocycles. The summed E-state index contributed by atoms with van der Waals surface area (Å²) in [5, 5.41) is 20.3. The van der Waals surface area contributed by atoms with Crippen LogP contribution in [0.1, 0.15) is 55.3 Å². The van der Waals surface area contributed by atoms with E-state index in [-0.39, 0.29) is 29.6 Å². The zero-order valence-corrected chi connectivity index (χ0v) is 30.2. The monoisotopic (exact) mass is 753 g/mol. The minimum absolute atomic E-state index is 0.132. The summed E-state index contributed by atoms with van der Waals surface area (Å²) in [6, 6.07) is 17.3. The number of nitro benzene ring substituents is 1. The molecule has 0 saturated heterocycles. The number of amides is 4. The van der Waals surface area contributed by atoms with Crippen molar-refractivity contribution in [3.63, 3.8) is 0 Å². The van der Waals surface area contributed by atoms with Gasteiger partial charge >= 0.3 is 0 Å². The summed E-state index contributed by atoms with van der Waals surface area (Å²) in [6.45, 7) is 5.11. The maximum atomic E-state index is 13.8. The lowest BCUT2D eigenvalue weighted by Crippen LogP contribution is -2.51. The average Bonchev–Trinajstić information content (AvgIpc) is 3.13. The van der Waals surface area contributed by atoms with Gasteiger partial charge in [-0.25, -0.2) is 9.97 Å². The van der Waals surface area contributed by atoms with Crippen molar-refractivity contribution in [1.29, 1.82) is 0 Å². The molecule has 2 atom stereocenters. The van der Waals surface area contributed by atoms with Crippen molar-refractivity contribution in [3.8, 4) is 11.4 Å². The molecule has 5 aromatic rings. The number of non-ortho nitro benzene ring substituents is 1. The molecule has 0 unspecified atom stereocenters. The van der Waals surface area contributed by atoms with Gasteiger partial charge in [-0.15, -0.1) is 0 Å². The Morgan fingerprint density at radius 1 is 0.722 bits per heavy atom. The predicted octanol–water partition coefficient (Wildman–Crippen LogP) is 3.71. The zero-order chi connectivity index (χ0) is 38.9. The molecule has 2 aliphatic heterocycles. The highest BCUT2D eigenvalue weighted by atomic mass is 32.2. The highest BCUT2D eigenvalue weighted by Gasteiger charge is 2.38. The second-order valence-corrected chi connectivity index (χ2v) is 14.4. The number of aromatic nitrogens is 2. The fourth-order valence-electron chi connectivity index (χ4n) is 6.70. The summed E-state index contributed by atoms with van der Waals surface area (Å²) in [7, 11) is -3.67. The molecule has 1 aromatic heterocycles. The molecule has 0 spiro atoms. The maximum absolute atomic E-state index is 13.8. The molecule has 0 radical (unpaired) electrons. The molecule has 7 rings (SSSR count). The van der Waals surface area contributed by atoms with Crippen LogP contribution >= 0.6 is 0 Å². The lowest BCUT2D eigenvalue weighted by molar-refractivity contribution is -0.384. The van der Waals surface area contributed by atoms with Crippen molar-refractivity contribution >= 4 is 61.0 Å². The number of carbonyl (C=O) groups is 4. The van der Waals surface area contributed by atoms with Gasteiger partial charge in [-0.1, -0.05) is 24.3 Å². The van der Waals surface area contributed by atoms with Crippen molar-refractivity contribution < 1.29 is 37.1 Å². The number of nitrogens with zero attached hydrogens (tertiary/aromatic N) is 5. The topological polar surface area (TPSA) is 222 Å². The van der Waals surface area contributed by atoms with E-state index >= 15 is 0 Å². The number of hydrogen-bond acceptors (Lipinski definition) is 12. The van der Waals surface area contributed by atoms with Crippen molar-refractivity contribution in [2.45, 2.75) is 25.9 Å². The van der Waals surface area contributed by atoms with Gasteiger partial charge < -0.3 is 10.6 Å². The van der Waals surface area contributed by atoms with E-state index in [0.29, 0.717) is 70.1 Å². The lowest BCUT2D eigenvalue weighted by atomic mass is 9.91. The van der Waals surface area contributed by atoms with E-state index in [1.165, 1.54) is 17.0 Å². The number of nitrogens with one attached hydrogen (secondary N) is 2. The maximum Gasteiger partial charge on any atom is 0.270 e. The Morgan fingerprint density at radius 3 is 1.65 bits per heavy atom. The molecule has 0 saturated carbocycles. The molecule has 4 aromatic carbocycles.